The van der Waals surface area contributed by atoms with Gasteiger partial charge in [0.25, 0.3) is 0 Å². The summed E-state index contributed by atoms with van der Waals surface area (Å²) in [6.07, 6.45) is 3.36. The summed E-state index contributed by atoms with van der Waals surface area (Å²) < 4.78 is 0. The van der Waals surface area contributed by atoms with Crippen LogP contribution in [0.15, 0.2) is 29.3 Å². The highest BCUT2D eigenvalue weighted by Gasteiger charge is 2.15. The Hall–Kier alpha value is -1.79. The van der Waals surface area contributed by atoms with Crippen molar-refractivity contribution < 1.29 is 0 Å². The number of halogens is 1. The predicted molar refractivity (Wildman–Crippen MR) is 70.2 cm³/mol. The SMILES string of the molecule is CCCC1=Nc2ccc(Cl)cc2/C(=C/C#N)N1. The number of nitrogens with one attached hydrogen (secondary N) is 1. The molecule has 1 N–H and O–H groups in total. The van der Waals surface area contributed by atoms with E-state index in [-0.39, 0.29) is 0 Å². The van der Waals surface area contributed by atoms with Gasteiger partial charge in [-0.3, -0.25) is 0 Å². The molecular weight excluding hydrogens is 234 g/mol. The summed E-state index contributed by atoms with van der Waals surface area (Å²) in [7, 11) is 0. The Morgan fingerprint density at radius 3 is 3.06 bits per heavy atom. The maximum absolute atomic E-state index is 8.79. The molecule has 86 valence electrons. The highest BCUT2D eigenvalue weighted by atomic mass is 35.5. The number of hydrogen-bond donors (Lipinski definition) is 1. The number of benzene rings is 1. The van der Waals surface area contributed by atoms with E-state index < -0.39 is 0 Å². The summed E-state index contributed by atoms with van der Waals surface area (Å²) in [6, 6.07) is 7.54. The van der Waals surface area contributed by atoms with Crippen molar-refractivity contribution in [2.24, 2.45) is 4.99 Å². The van der Waals surface area contributed by atoms with Gasteiger partial charge in [0.2, 0.25) is 0 Å². The van der Waals surface area contributed by atoms with Crippen LogP contribution < -0.4 is 5.32 Å². The van der Waals surface area contributed by atoms with E-state index in [0.717, 1.165) is 35.6 Å². The lowest BCUT2D eigenvalue weighted by Crippen LogP contribution is -2.24. The van der Waals surface area contributed by atoms with Gasteiger partial charge in [0.05, 0.1) is 17.5 Å². The molecular formula is C13H12ClN3. The van der Waals surface area contributed by atoms with Crippen LogP contribution >= 0.6 is 11.6 Å². The lowest BCUT2D eigenvalue weighted by molar-refractivity contribution is 0.956. The first-order valence-corrected chi connectivity index (χ1v) is 5.86. The monoisotopic (exact) mass is 245 g/mol. The molecule has 0 aliphatic carbocycles. The topological polar surface area (TPSA) is 48.2 Å². The number of rotatable bonds is 2. The van der Waals surface area contributed by atoms with Crippen LogP contribution in [0.2, 0.25) is 5.02 Å². The molecule has 0 atom stereocenters. The molecule has 0 unspecified atom stereocenters. The number of allylic oxidation sites excluding steroid dienone is 1. The van der Waals surface area contributed by atoms with Crippen LogP contribution in [0.4, 0.5) is 5.69 Å². The molecule has 0 aromatic heterocycles. The van der Waals surface area contributed by atoms with Crippen molar-refractivity contribution in [1.82, 2.24) is 5.32 Å². The molecule has 0 bridgehead atoms. The average molecular weight is 246 g/mol. The Morgan fingerprint density at radius 1 is 1.53 bits per heavy atom. The molecule has 4 heteroatoms. The Kier molecular flexibility index (Phi) is 3.46. The van der Waals surface area contributed by atoms with E-state index in [1.165, 1.54) is 6.08 Å². The summed E-state index contributed by atoms with van der Waals surface area (Å²) in [5.74, 6) is 0.892. The summed E-state index contributed by atoms with van der Waals surface area (Å²) in [4.78, 5) is 4.51. The molecule has 1 aromatic carbocycles. The fraction of sp³-hybridized carbons (Fsp3) is 0.231. The van der Waals surface area contributed by atoms with Crippen LogP contribution in [0.25, 0.3) is 5.70 Å². The van der Waals surface area contributed by atoms with Gasteiger partial charge in [-0.05, 0) is 24.6 Å². The van der Waals surface area contributed by atoms with Crippen molar-refractivity contribution in [3.05, 3.63) is 34.9 Å². The minimum Gasteiger partial charge on any atom is -0.343 e. The molecule has 0 spiro atoms. The van der Waals surface area contributed by atoms with Gasteiger partial charge in [-0.1, -0.05) is 18.5 Å². The molecule has 0 saturated carbocycles. The van der Waals surface area contributed by atoms with Gasteiger partial charge >= 0.3 is 0 Å². The quantitative estimate of drug-likeness (QED) is 0.809. The number of aliphatic imine (C=N–C) groups is 1. The van der Waals surface area contributed by atoms with E-state index in [0.29, 0.717) is 5.02 Å². The van der Waals surface area contributed by atoms with Crippen molar-refractivity contribution in [2.75, 3.05) is 0 Å². The van der Waals surface area contributed by atoms with Crippen molar-refractivity contribution >= 4 is 28.8 Å². The highest BCUT2D eigenvalue weighted by molar-refractivity contribution is 6.31. The minimum atomic E-state index is 0.642. The first kappa shape index (κ1) is 11.7. The van der Waals surface area contributed by atoms with Crippen molar-refractivity contribution in [3.8, 4) is 6.07 Å². The van der Waals surface area contributed by atoms with Gasteiger partial charge in [0, 0.05) is 23.1 Å². The van der Waals surface area contributed by atoms with Gasteiger partial charge in [-0.15, -0.1) is 0 Å². The molecule has 17 heavy (non-hydrogen) atoms. The molecule has 2 rings (SSSR count). The zero-order chi connectivity index (χ0) is 12.3. The van der Waals surface area contributed by atoms with Crippen LogP contribution in [0.3, 0.4) is 0 Å². The molecule has 1 aliphatic heterocycles. The molecule has 0 fully saturated rings. The average Bonchev–Trinajstić information content (AvgIpc) is 2.31. The Labute approximate surface area is 105 Å². The van der Waals surface area contributed by atoms with Gasteiger partial charge in [-0.2, -0.15) is 5.26 Å². The van der Waals surface area contributed by atoms with Crippen molar-refractivity contribution in [3.63, 3.8) is 0 Å². The smallest absolute Gasteiger partial charge is 0.107 e. The zero-order valence-corrected chi connectivity index (χ0v) is 10.3. The van der Waals surface area contributed by atoms with Crippen LogP contribution in [0.5, 0.6) is 0 Å². The van der Waals surface area contributed by atoms with E-state index in [1.54, 1.807) is 0 Å². The van der Waals surface area contributed by atoms with E-state index in [1.807, 2.05) is 24.3 Å². The lowest BCUT2D eigenvalue weighted by Gasteiger charge is -2.20. The Balaban J connectivity index is 2.51. The minimum absolute atomic E-state index is 0.642. The van der Waals surface area contributed by atoms with Gasteiger partial charge in [-0.25, -0.2) is 4.99 Å². The predicted octanol–water partition coefficient (Wildman–Crippen LogP) is 3.64. The highest BCUT2D eigenvalue weighted by Crippen LogP contribution is 2.31. The number of fused-ring (bicyclic) bond motifs is 1. The summed E-state index contributed by atoms with van der Waals surface area (Å²) in [5, 5.41) is 12.6. The van der Waals surface area contributed by atoms with Crippen molar-refractivity contribution in [1.29, 1.82) is 5.26 Å². The van der Waals surface area contributed by atoms with E-state index in [2.05, 4.69) is 17.2 Å². The molecule has 1 aromatic rings. The molecule has 1 aliphatic rings. The normalized spacial score (nSPS) is 15.8. The van der Waals surface area contributed by atoms with Gasteiger partial charge in [0.15, 0.2) is 0 Å². The molecule has 0 saturated heterocycles. The van der Waals surface area contributed by atoms with Gasteiger partial charge in [0.1, 0.15) is 5.84 Å². The van der Waals surface area contributed by atoms with Crippen LogP contribution in [0.1, 0.15) is 25.3 Å². The third-order valence-corrected chi connectivity index (χ3v) is 2.71. The zero-order valence-electron chi connectivity index (χ0n) is 9.50. The van der Waals surface area contributed by atoms with Crippen LogP contribution in [-0.4, -0.2) is 5.84 Å². The van der Waals surface area contributed by atoms with Gasteiger partial charge < -0.3 is 5.32 Å². The number of amidine groups is 1. The maximum atomic E-state index is 8.79. The third-order valence-electron chi connectivity index (χ3n) is 2.48. The van der Waals surface area contributed by atoms with Crippen LogP contribution in [0, 0.1) is 11.3 Å². The number of nitriles is 1. The third kappa shape index (κ3) is 2.48. The fourth-order valence-electron chi connectivity index (χ4n) is 1.75. The number of nitrogens with zero attached hydrogens (tertiary/aromatic N) is 2. The maximum Gasteiger partial charge on any atom is 0.107 e. The first-order valence-electron chi connectivity index (χ1n) is 5.49. The number of hydrogen-bond acceptors (Lipinski definition) is 3. The molecule has 1 heterocycles. The second-order valence-corrected chi connectivity index (χ2v) is 4.22. The molecule has 0 amide bonds. The first-order chi connectivity index (χ1) is 8.24. The largest absolute Gasteiger partial charge is 0.343 e. The lowest BCUT2D eigenvalue weighted by atomic mass is 10.1. The molecule has 0 radical (unpaired) electrons. The summed E-state index contributed by atoms with van der Waals surface area (Å²) in [6.45, 7) is 2.09. The fourth-order valence-corrected chi connectivity index (χ4v) is 1.92. The Bertz CT molecular complexity index is 538. The van der Waals surface area contributed by atoms with E-state index in [4.69, 9.17) is 16.9 Å². The summed E-state index contributed by atoms with van der Waals surface area (Å²) in [5.41, 5.74) is 2.50. The van der Waals surface area contributed by atoms with E-state index in [9.17, 15) is 0 Å². The van der Waals surface area contributed by atoms with Crippen LogP contribution in [-0.2, 0) is 0 Å². The molecule has 3 nitrogen and oxygen atoms in total. The second kappa shape index (κ2) is 5.03. The van der Waals surface area contributed by atoms with Crippen molar-refractivity contribution in [2.45, 2.75) is 19.8 Å². The standard InChI is InChI=1S/C13H12ClN3/c1-2-3-13-16-11-5-4-9(14)8-10(11)12(17-13)6-7-15/h4-6,8H,2-3H2,1H3,(H,16,17)/b12-6-. The van der Waals surface area contributed by atoms with E-state index >= 15 is 0 Å². The Morgan fingerprint density at radius 2 is 2.35 bits per heavy atom. The summed E-state index contributed by atoms with van der Waals surface area (Å²) >= 11 is 5.95. The second-order valence-electron chi connectivity index (χ2n) is 3.78.